The summed E-state index contributed by atoms with van der Waals surface area (Å²) in [6.07, 6.45) is 0. The van der Waals surface area contributed by atoms with E-state index in [-0.39, 0.29) is 0 Å². The number of hydrogen-bond donors (Lipinski definition) is 0. The van der Waals surface area contributed by atoms with E-state index in [1.165, 1.54) is 11.1 Å². The second-order valence-electron chi connectivity index (χ2n) is 5.22. The number of hydrogen-bond acceptors (Lipinski definition) is 3. The fourth-order valence-electron chi connectivity index (χ4n) is 2.94. The Morgan fingerprint density at radius 1 is 1.00 bits per heavy atom. The van der Waals surface area contributed by atoms with Crippen molar-refractivity contribution in [2.24, 2.45) is 9.98 Å². The minimum Gasteiger partial charge on any atom is -0.325 e. The topological polar surface area (TPSA) is 42.5 Å². The van der Waals surface area contributed by atoms with E-state index in [1.807, 2.05) is 0 Å². The van der Waals surface area contributed by atoms with Crippen LogP contribution in [0.3, 0.4) is 0 Å². The molecule has 0 N–H and O–H groups in total. The van der Waals surface area contributed by atoms with Crippen LogP contribution in [0.1, 0.15) is 36.8 Å². The van der Waals surface area contributed by atoms with E-state index in [2.05, 4.69) is 49.2 Å². The summed E-state index contributed by atoms with van der Waals surface area (Å²) in [7, 11) is 0. The Balaban J connectivity index is 2.62. The van der Waals surface area contributed by atoms with Crippen LogP contribution in [0.15, 0.2) is 9.98 Å². The van der Waals surface area contributed by atoms with Crippen LogP contribution in [-0.4, -0.2) is 16.2 Å². The van der Waals surface area contributed by atoms with E-state index in [4.69, 9.17) is 4.98 Å². The molecule has 1 aliphatic rings. The zero-order valence-corrected chi connectivity index (χ0v) is 11.6. The molecule has 0 spiro atoms. The summed E-state index contributed by atoms with van der Waals surface area (Å²) in [5.41, 5.74) is 4.67. The molecule has 0 fully saturated rings. The fourth-order valence-corrected chi connectivity index (χ4v) is 2.94. The van der Waals surface area contributed by atoms with Gasteiger partial charge in [0.25, 0.3) is 0 Å². The van der Waals surface area contributed by atoms with Gasteiger partial charge in [-0.05, 0) is 34.6 Å². The summed E-state index contributed by atoms with van der Waals surface area (Å²) in [4.78, 5) is 13.7. The first kappa shape index (κ1) is 11.4. The zero-order chi connectivity index (χ0) is 13.0. The van der Waals surface area contributed by atoms with Crippen LogP contribution in [0.5, 0.6) is 0 Å². The van der Waals surface area contributed by atoms with Crippen LogP contribution >= 0.6 is 0 Å². The van der Waals surface area contributed by atoms with Gasteiger partial charge in [-0.3, -0.25) is 9.98 Å². The third-order valence-corrected chi connectivity index (χ3v) is 3.71. The highest BCUT2D eigenvalue weighted by molar-refractivity contribution is 5.82. The van der Waals surface area contributed by atoms with Crippen LogP contribution in [0.4, 0.5) is 0 Å². The lowest BCUT2D eigenvalue weighted by molar-refractivity contribution is 0.599. The molecule has 0 saturated carbocycles. The number of aromatic nitrogens is 2. The minimum atomic E-state index is 0.407. The molecule has 2 aromatic rings. The number of rotatable bonds is 1. The first-order chi connectivity index (χ1) is 8.52. The Kier molecular flexibility index (Phi) is 2.30. The maximum absolute atomic E-state index is 4.73. The largest absolute Gasteiger partial charge is 0.325 e. The van der Waals surface area contributed by atoms with Crippen molar-refractivity contribution >= 4 is 11.0 Å². The molecule has 3 rings (SSSR count). The molecule has 94 valence electrons. The molecular weight excluding hydrogens is 224 g/mol. The van der Waals surface area contributed by atoms with Crippen molar-refractivity contribution in [3.8, 4) is 0 Å². The molecule has 0 unspecified atom stereocenters. The quantitative estimate of drug-likeness (QED) is 0.751. The van der Waals surface area contributed by atoms with Crippen molar-refractivity contribution < 1.29 is 0 Å². The van der Waals surface area contributed by atoms with E-state index >= 15 is 0 Å². The van der Waals surface area contributed by atoms with Crippen molar-refractivity contribution in [1.82, 2.24) is 9.55 Å². The van der Waals surface area contributed by atoms with Gasteiger partial charge in [-0.25, -0.2) is 4.98 Å². The normalized spacial score (nSPS) is 13.9. The third-order valence-electron chi connectivity index (χ3n) is 3.71. The van der Waals surface area contributed by atoms with Gasteiger partial charge >= 0.3 is 0 Å². The van der Waals surface area contributed by atoms with Gasteiger partial charge < -0.3 is 4.57 Å². The average Bonchev–Trinajstić information content (AvgIpc) is 2.89. The van der Waals surface area contributed by atoms with Gasteiger partial charge in [0.15, 0.2) is 0 Å². The van der Waals surface area contributed by atoms with Gasteiger partial charge in [-0.15, -0.1) is 0 Å². The first-order valence-electron chi connectivity index (χ1n) is 6.39. The Bertz CT molecular complexity index is 766. The van der Waals surface area contributed by atoms with Crippen LogP contribution in [0.25, 0.3) is 11.0 Å². The Morgan fingerprint density at radius 3 is 2.22 bits per heavy atom. The van der Waals surface area contributed by atoms with E-state index in [9.17, 15) is 0 Å². The molecule has 4 heteroatoms. The van der Waals surface area contributed by atoms with Crippen molar-refractivity contribution in [3.63, 3.8) is 0 Å². The smallest absolute Gasteiger partial charge is 0.130 e. The molecule has 0 aliphatic carbocycles. The monoisotopic (exact) mass is 242 g/mol. The maximum Gasteiger partial charge on any atom is 0.130 e. The van der Waals surface area contributed by atoms with E-state index in [1.54, 1.807) is 0 Å². The molecule has 4 nitrogen and oxygen atoms in total. The van der Waals surface area contributed by atoms with Crippen LogP contribution in [0.2, 0.25) is 0 Å². The lowest BCUT2D eigenvalue weighted by Gasteiger charge is -2.12. The lowest BCUT2D eigenvalue weighted by Crippen LogP contribution is -2.28. The number of benzene rings is 1. The second kappa shape index (κ2) is 3.64. The molecule has 1 aromatic carbocycles. The predicted octanol–water partition coefficient (Wildman–Crippen LogP) is 1.75. The van der Waals surface area contributed by atoms with Crippen molar-refractivity contribution in [1.29, 1.82) is 0 Å². The Labute approximate surface area is 106 Å². The van der Waals surface area contributed by atoms with Gasteiger partial charge in [0.1, 0.15) is 12.5 Å². The summed E-state index contributed by atoms with van der Waals surface area (Å²) in [6.45, 7) is 11.2. The number of aryl methyl sites for hydroxylation is 3. The standard InChI is InChI=1S/C14H18N4/c1-7(2)18-10(5)17-13-8(3)11-12(16-6-15-11)9(4)14(13)18/h7H,6H2,1-5H3. The number of fused-ring (bicyclic) bond motifs is 2. The van der Waals surface area contributed by atoms with Crippen LogP contribution in [0, 0.1) is 20.8 Å². The van der Waals surface area contributed by atoms with E-state index in [0.717, 1.165) is 27.6 Å². The molecule has 1 aromatic heterocycles. The molecule has 0 bridgehead atoms. The second-order valence-corrected chi connectivity index (χ2v) is 5.22. The fraction of sp³-hybridized carbons (Fsp3) is 0.500. The maximum atomic E-state index is 4.73. The molecule has 1 aliphatic heterocycles. The number of nitrogens with zero attached hydrogens (tertiary/aromatic N) is 4. The average molecular weight is 242 g/mol. The highest BCUT2D eigenvalue weighted by Crippen LogP contribution is 2.23. The predicted molar refractivity (Wildman–Crippen MR) is 71.5 cm³/mol. The summed E-state index contributed by atoms with van der Waals surface area (Å²) in [6, 6.07) is 0.407. The Morgan fingerprint density at radius 2 is 1.61 bits per heavy atom. The van der Waals surface area contributed by atoms with E-state index < -0.39 is 0 Å². The van der Waals surface area contributed by atoms with Crippen LogP contribution < -0.4 is 10.7 Å². The highest BCUT2D eigenvalue weighted by atomic mass is 15.1. The summed E-state index contributed by atoms with van der Waals surface area (Å²) >= 11 is 0. The molecule has 0 radical (unpaired) electrons. The van der Waals surface area contributed by atoms with Gasteiger partial charge in [-0.1, -0.05) is 0 Å². The summed E-state index contributed by atoms with van der Waals surface area (Å²) in [5, 5.41) is 2.09. The molecular formula is C14H18N4. The summed E-state index contributed by atoms with van der Waals surface area (Å²) < 4.78 is 2.30. The lowest BCUT2D eigenvalue weighted by atomic mass is 10.1. The zero-order valence-electron chi connectivity index (χ0n) is 11.6. The molecule has 0 saturated heterocycles. The van der Waals surface area contributed by atoms with Crippen molar-refractivity contribution in [3.05, 3.63) is 27.7 Å². The molecule has 0 amide bonds. The number of imidazole rings is 1. The third kappa shape index (κ3) is 1.29. The Hall–Kier alpha value is -1.71. The van der Waals surface area contributed by atoms with Crippen molar-refractivity contribution in [2.75, 3.05) is 6.67 Å². The minimum absolute atomic E-state index is 0.407. The SMILES string of the molecule is Cc1c2c(c(C)c3c1nc(C)n3C(C)C)=NCN=2. The first-order valence-corrected chi connectivity index (χ1v) is 6.39. The van der Waals surface area contributed by atoms with Gasteiger partial charge in [0, 0.05) is 17.2 Å². The van der Waals surface area contributed by atoms with Gasteiger partial charge in [0.05, 0.1) is 21.7 Å². The highest BCUT2D eigenvalue weighted by Gasteiger charge is 2.18. The van der Waals surface area contributed by atoms with E-state index in [0.29, 0.717) is 12.7 Å². The molecule has 2 heterocycles. The van der Waals surface area contributed by atoms with Gasteiger partial charge in [-0.2, -0.15) is 0 Å². The molecule has 0 atom stereocenters. The van der Waals surface area contributed by atoms with Crippen LogP contribution in [-0.2, 0) is 0 Å². The molecule has 18 heavy (non-hydrogen) atoms. The van der Waals surface area contributed by atoms with Gasteiger partial charge in [0.2, 0.25) is 0 Å². The van der Waals surface area contributed by atoms with Crippen molar-refractivity contribution in [2.45, 2.75) is 40.7 Å². The summed E-state index contributed by atoms with van der Waals surface area (Å²) in [5.74, 6) is 1.06.